The van der Waals surface area contributed by atoms with Crippen molar-refractivity contribution in [2.45, 2.75) is 18.9 Å². The third kappa shape index (κ3) is 4.03. The summed E-state index contributed by atoms with van der Waals surface area (Å²) in [6.07, 6.45) is 0.709. The number of hydrogen-bond donors (Lipinski definition) is 2. The number of benzene rings is 2. The van der Waals surface area contributed by atoms with Crippen LogP contribution in [-0.2, 0) is 11.3 Å². The molecule has 23 heavy (non-hydrogen) atoms. The van der Waals surface area contributed by atoms with Crippen molar-refractivity contribution in [2.24, 2.45) is 0 Å². The van der Waals surface area contributed by atoms with E-state index in [1.54, 1.807) is 0 Å². The molecule has 1 heterocycles. The van der Waals surface area contributed by atoms with Gasteiger partial charge in [0.1, 0.15) is 5.75 Å². The van der Waals surface area contributed by atoms with Gasteiger partial charge in [0.15, 0.2) is 0 Å². The van der Waals surface area contributed by atoms with E-state index in [-0.39, 0.29) is 24.2 Å². The molecule has 0 bridgehead atoms. The van der Waals surface area contributed by atoms with E-state index in [2.05, 4.69) is 10.6 Å². The van der Waals surface area contributed by atoms with Gasteiger partial charge in [0.05, 0.1) is 12.5 Å². The lowest BCUT2D eigenvalue weighted by Crippen LogP contribution is -2.26. The molecule has 3 rings (SSSR count). The molecule has 2 N–H and O–H groups in total. The largest absolute Gasteiger partial charge is 0.493 e. The molecule has 1 atom stereocenters. The summed E-state index contributed by atoms with van der Waals surface area (Å²) in [5, 5.41) is 6.11. The van der Waals surface area contributed by atoms with Crippen LogP contribution in [-0.4, -0.2) is 19.6 Å². The summed E-state index contributed by atoms with van der Waals surface area (Å²) < 4.78 is 5.61. The normalized spacial score (nSPS) is 15.8. The van der Waals surface area contributed by atoms with E-state index in [0.717, 1.165) is 23.5 Å². The predicted molar refractivity (Wildman–Crippen MR) is 94.4 cm³/mol. The third-order valence-corrected chi connectivity index (χ3v) is 3.88. The molecule has 0 fully saturated rings. The number of hydrogen-bond acceptors (Lipinski definition) is 3. The first-order chi connectivity index (χ1) is 10.8. The highest BCUT2D eigenvalue weighted by atomic mass is 35.5. The standard InChI is InChI=1S/C18H20N2O2.ClH/c1-19-12-13-6-8-14(9-7-13)20-18(21)16-10-11-22-17-5-3-2-4-15(16)17;/h2-9,16,19H,10-12H2,1H3,(H,20,21);1H. The molecule has 2 aromatic rings. The molecular formula is C18H21ClN2O2. The van der Waals surface area contributed by atoms with Crippen LogP contribution in [0.15, 0.2) is 48.5 Å². The summed E-state index contributed by atoms with van der Waals surface area (Å²) in [5.74, 6) is 0.692. The van der Waals surface area contributed by atoms with Crippen molar-refractivity contribution in [1.82, 2.24) is 5.32 Å². The summed E-state index contributed by atoms with van der Waals surface area (Å²) >= 11 is 0. The van der Waals surface area contributed by atoms with E-state index in [0.29, 0.717) is 13.0 Å². The van der Waals surface area contributed by atoms with Gasteiger partial charge >= 0.3 is 0 Å². The maximum absolute atomic E-state index is 12.6. The number of carbonyl (C=O) groups is 1. The van der Waals surface area contributed by atoms with Gasteiger partial charge in [-0.15, -0.1) is 12.4 Å². The fraction of sp³-hybridized carbons (Fsp3) is 0.278. The molecule has 0 spiro atoms. The maximum atomic E-state index is 12.6. The lowest BCUT2D eigenvalue weighted by molar-refractivity contribution is -0.118. The number of ether oxygens (including phenoxy) is 1. The van der Waals surface area contributed by atoms with Crippen LogP contribution in [0.4, 0.5) is 5.69 Å². The molecule has 0 aliphatic carbocycles. The minimum Gasteiger partial charge on any atom is -0.493 e. The number of rotatable bonds is 4. The summed E-state index contributed by atoms with van der Waals surface area (Å²) in [6.45, 7) is 1.40. The molecular weight excluding hydrogens is 312 g/mol. The minimum atomic E-state index is -0.151. The second-order valence-electron chi connectivity index (χ2n) is 5.44. The summed E-state index contributed by atoms with van der Waals surface area (Å²) in [7, 11) is 1.91. The SMILES string of the molecule is CNCc1ccc(NC(=O)C2CCOc3ccccc32)cc1.Cl. The van der Waals surface area contributed by atoms with Gasteiger partial charge in [-0.25, -0.2) is 0 Å². The number of nitrogens with one attached hydrogen (secondary N) is 2. The average molecular weight is 333 g/mol. The number of fused-ring (bicyclic) bond motifs is 1. The first-order valence-electron chi connectivity index (χ1n) is 7.54. The second-order valence-corrected chi connectivity index (χ2v) is 5.44. The maximum Gasteiger partial charge on any atom is 0.232 e. The van der Waals surface area contributed by atoms with Gasteiger partial charge < -0.3 is 15.4 Å². The van der Waals surface area contributed by atoms with Crippen LogP contribution in [0, 0.1) is 0 Å². The Kier molecular flexibility index (Phi) is 6.02. The van der Waals surface area contributed by atoms with Crippen LogP contribution in [0.5, 0.6) is 5.75 Å². The Balaban J connectivity index is 0.00000192. The predicted octanol–water partition coefficient (Wildman–Crippen LogP) is 3.33. The molecule has 4 nitrogen and oxygen atoms in total. The molecule has 1 unspecified atom stereocenters. The van der Waals surface area contributed by atoms with Crippen LogP contribution < -0.4 is 15.4 Å². The van der Waals surface area contributed by atoms with Gasteiger partial charge in [0, 0.05) is 17.8 Å². The Bertz CT molecular complexity index is 658. The highest BCUT2D eigenvalue weighted by Gasteiger charge is 2.27. The van der Waals surface area contributed by atoms with E-state index >= 15 is 0 Å². The van der Waals surface area contributed by atoms with Gasteiger partial charge in [-0.1, -0.05) is 30.3 Å². The fourth-order valence-electron chi connectivity index (χ4n) is 2.75. The Hall–Kier alpha value is -2.04. The van der Waals surface area contributed by atoms with E-state index < -0.39 is 0 Å². The van der Waals surface area contributed by atoms with Crippen LogP contribution in [0.2, 0.25) is 0 Å². The van der Waals surface area contributed by atoms with Gasteiger partial charge in [-0.05, 0) is 37.2 Å². The Labute approximate surface area is 142 Å². The van der Waals surface area contributed by atoms with Gasteiger partial charge in [0.25, 0.3) is 0 Å². The number of anilines is 1. The lowest BCUT2D eigenvalue weighted by atomic mass is 9.92. The first kappa shape index (κ1) is 17.3. The van der Waals surface area contributed by atoms with E-state index in [9.17, 15) is 4.79 Å². The first-order valence-corrected chi connectivity index (χ1v) is 7.54. The third-order valence-electron chi connectivity index (χ3n) is 3.88. The van der Waals surface area contributed by atoms with Crippen molar-refractivity contribution in [3.8, 4) is 5.75 Å². The molecule has 1 aliphatic heterocycles. The number of halogens is 1. The van der Waals surface area contributed by atoms with Crippen molar-refractivity contribution in [3.63, 3.8) is 0 Å². The van der Waals surface area contributed by atoms with Gasteiger partial charge in [-0.2, -0.15) is 0 Å². The molecule has 2 aromatic carbocycles. The monoisotopic (exact) mass is 332 g/mol. The molecule has 0 saturated heterocycles. The second kappa shape index (κ2) is 7.99. The Morgan fingerprint density at radius 2 is 1.91 bits per heavy atom. The van der Waals surface area contributed by atoms with Crippen molar-refractivity contribution >= 4 is 24.0 Å². The molecule has 5 heteroatoms. The van der Waals surface area contributed by atoms with Crippen LogP contribution >= 0.6 is 12.4 Å². The minimum absolute atomic E-state index is 0. The summed E-state index contributed by atoms with van der Waals surface area (Å²) in [6, 6.07) is 15.7. The van der Waals surface area contributed by atoms with Crippen molar-refractivity contribution in [2.75, 3.05) is 19.0 Å². The number of para-hydroxylation sites is 1. The average Bonchev–Trinajstić information content (AvgIpc) is 2.56. The molecule has 0 radical (unpaired) electrons. The molecule has 1 aliphatic rings. The van der Waals surface area contributed by atoms with Crippen LogP contribution in [0.3, 0.4) is 0 Å². The fourth-order valence-corrected chi connectivity index (χ4v) is 2.75. The highest BCUT2D eigenvalue weighted by molar-refractivity contribution is 5.96. The zero-order chi connectivity index (χ0) is 15.4. The molecule has 0 saturated carbocycles. The van der Waals surface area contributed by atoms with Crippen LogP contribution in [0.1, 0.15) is 23.5 Å². The Morgan fingerprint density at radius 3 is 2.65 bits per heavy atom. The van der Waals surface area contributed by atoms with E-state index in [1.807, 2.05) is 55.6 Å². The van der Waals surface area contributed by atoms with Crippen molar-refractivity contribution < 1.29 is 9.53 Å². The van der Waals surface area contributed by atoms with Gasteiger partial charge in [0.2, 0.25) is 5.91 Å². The zero-order valence-corrected chi connectivity index (χ0v) is 13.9. The van der Waals surface area contributed by atoms with Crippen molar-refractivity contribution in [1.29, 1.82) is 0 Å². The summed E-state index contributed by atoms with van der Waals surface area (Å²) in [5.41, 5.74) is 2.99. The van der Waals surface area contributed by atoms with Crippen molar-refractivity contribution in [3.05, 3.63) is 59.7 Å². The zero-order valence-electron chi connectivity index (χ0n) is 13.0. The Morgan fingerprint density at radius 1 is 1.17 bits per heavy atom. The van der Waals surface area contributed by atoms with Crippen LogP contribution in [0.25, 0.3) is 0 Å². The number of amides is 1. The number of carbonyl (C=O) groups excluding carboxylic acids is 1. The van der Waals surface area contributed by atoms with E-state index in [1.165, 1.54) is 5.56 Å². The quantitative estimate of drug-likeness (QED) is 0.903. The topological polar surface area (TPSA) is 50.4 Å². The van der Waals surface area contributed by atoms with E-state index in [4.69, 9.17) is 4.74 Å². The lowest BCUT2D eigenvalue weighted by Gasteiger charge is -2.25. The highest BCUT2D eigenvalue weighted by Crippen LogP contribution is 2.34. The molecule has 0 aromatic heterocycles. The molecule has 1 amide bonds. The summed E-state index contributed by atoms with van der Waals surface area (Å²) in [4.78, 5) is 12.6. The smallest absolute Gasteiger partial charge is 0.232 e. The van der Waals surface area contributed by atoms with Gasteiger partial charge in [-0.3, -0.25) is 4.79 Å². The molecule has 122 valence electrons.